The molecule has 0 radical (unpaired) electrons. The van der Waals surface area contributed by atoms with Crippen LogP contribution >= 0.6 is 11.3 Å². The summed E-state index contributed by atoms with van der Waals surface area (Å²) in [5.74, 6) is -0.512. The second-order valence-electron chi connectivity index (χ2n) is 7.02. The van der Waals surface area contributed by atoms with E-state index in [4.69, 9.17) is 0 Å². The van der Waals surface area contributed by atoms with Crippen molar-refractivity contribution >= 4 is 52.5 Å². The first-order chi connectivity index (χ1) is 13.9. The summed E-state index contributed by atoms with van der Waals surface area (Å²) >= 11 is 1.14. The lowest BCUT2D eigenvalue weighted by atomic mass is 10.2. The van der Waals surface area contributed by atoms with Gasteiger partial charge in [-0.25, -0.2) is 21.8 Å². The molecule has 160 valence electrons. The predicted octanol–water partition coefficient (Wildman–Crippen LogP) is 2.98. The minimum Gasteiger partial charge on any atom is -0.298 e. The number of benzene rings is 2. The maximum absolute atomic E-state index is 12.7. The number of sulfone groups is 1. The quantitative estimate of drug-likeness (QED) is 0.596. The summed E-state index contributed by atoms with van der Waals surface area (Å²) in [4.78, 5) is 17.1. The molecule has 0 bridgehead atoms. The smallest absolute Gasteiger partial charge is 0.257 e. The van der Waals surface area contributed by atoms with Crippen molar-refractivity contribution < 1.29 is 21.6 Å². The molecule has 0 aliphatic heterocycles. The Morgan fingerprint density at radius 3 is 2.40 bits per heavy atom. The molecule has 30 heavy (non-hydrogen) atoms. The van der Waals surface area contributed by atoms with Crippen molar-refractivity contribution in [3.05, 3.63) is 48.0 Å². The summed E-state index contributed by atoms with van der Waals surface area (Å²) in [6, 6.07) is 10.1. The van der Waals surface area contributed by atoms with E-state index in [1.807, 2.05) is 0 Å². The van der Waals surface area contributed by atoms with Gasteiger partial charge < -0.3 is 0 Å². The number of nitrogens with zero attached hydrogens (tertiary/aromatic N) is 2. The van der Waals surface area contributed by atoms with Crippen molar-refractivity contribution in [1.29, 1.82) is 0 Å². The van der Waals surface area contributed by atoms with Crippen molar-refractivity contribution in [2.45, 2.75) is 29.7 Å². The first-order valence-corrected chi connectivity index (χ1v) is 13.0. The minimum atomic E-state index is -3.72. The van der Waals surface area contributed by atoms with Crippen LogP contribution in [-0.4, -0.2) is 51.4 Å². The van der Waals surface area contributed by atoms with Gasteiger partial charge in [0.25, 0.3) is 5.91 Å². The molecule has 11 heteroatoms. The minimum absolute atomic E-state index is 0.0217. The lowest BCUT2D eigenvalue weighted by molar-refractivity contribution is 0.102. The molecule has 2 aromatic carbocycles. The van der Waals surface area contributed by atoms with E-state index in [1.165, 1.54) is 47.8 Å². The number of amides is 1. The van der Waals surface area contributed by atoms with Gasteiger partial charge in [-0.05, 0) is 50.2 Å². The molecule has 1 aromatic heterocycles. The fourth-order valence-electron chi connectivity index (χ4n) is 2.60. The zero-order chi connectivity index (χ0) is 22.3. The van der Waals surface area contributed by atoms with Crippen LogP contribution in [0.2, 0.25) is 0 Å². The molecule has 3 rings (SSSR count). The van der Waals surface area contributed by atoms with Crippen LogP contribution in [0.4, 0.5) is 5.13 Å². The summed E-state index contributed by atoms with van der Waals surface area (Å²) < 4.78 is 50.6. The molecular weight excluding hydrogens is 446 g/mol. The Hall–Kier alpha value is -2.34. The third-order valence-corrected chi connectivity index (χ3v) is 8.58. The van der Waals surface area contributed by atoms with Crippen molar-refractivity contribution in [3.8, 4) is 0 Å². The Labute approximate surface area is 179 Å². The van der Waals surface area contributed by atoms with Crippen molar-refractivity contribution in [2.75, 3.05) is 18.6 Å². The van der Waals surface area contributed by atoms with Gasteiger partial charge in [-0.1, -0.05) is 17.4 Å². The molecule has 0 spiro atoms. The lowest BCUT2D eigenvalue weighted by Gasteiger charge is -2.21. The van der Waals surface area contributed by atoms with Crippen LogP contribution in [0.15, 0.2) is 52.3 Å². The van der Waals surface area contributed by atoms with Gasteiger partial charge in [0.2, 0.25) is 10.0 Å². The predicted molar refractivity (Wildman–Crippen MR) is 117 cm³/mol. The third-order valence-electron chi connectivity index (χ3n) is 4.51. The van der Waals surface area contributed by atoms with E-state index in [0.717, 1.165) is 17.6 Å². The van der Waals surface area contributed by atoms with Crippen molar-refractivity contribution in [3.63, 3.8) is 0 Å². The Balaban J connectivity index is 1.88. The van der Waals surface area contributed by atoms with Crippen molar-refractivity contribution in [2.24, 2.45) is 0 Å². The first-order valence-electron chi connectivity index (χ1n) is 8.89. The number of thiazole rings is 1. The molecule has 0 saturated heterocycles. The molecule has 3 aromatic rings. The van der Waals surface area contributed by atoms with Crippen LogP contribution in [0.1, 0.15) is 24.2 Å². The van der Waals surface area contributed by atoms with Gasteiger partial charge in [-0.2, -0.15) is 4.31 Å². The van der Waals surface area contributed by atoms with E-state index >= 15 is 0 Å². The third kappa shape index (κ3) is 4.53. The van der Waals surface area contributed by atoms with E-state index in [2.05, 4.69) is 10.3 Å². The Bertz CT molecular complexity index is 1330. The van der Waals surface area contributed by atoms with Gasteiger partial charge in [-0.15, -0.1) is 0 Å². The SMILES string of the molecule is CC(C)N(C)S(=O)(=O)c1cccc(C(=O)Nc2nc3ccc(S(C)(=O)=O)cc3s2)c1. The molecule has 0 aliphatic carbocycles. The molecule has 8 nitrogen and oxygen atoms in total. The second-order valence-corrected chi connectivity index (χ2v) is 12.1. The molecule has 0 unspecified atom stereocenters. The number of fused-ring (bicyclic) bond motifs is 1. The average Bonchev–Trinajstić information content (AvgIpc) is 3.08. The summed E-state index contributed by atoms with van der Waals surface area (Å²) in [7, 11) is -5.59. The average molecular weight is 468 g/mol. The van der Waals surface area contributed by atoms with Gasteiger partial charge in [0.15, 0.2) is 15.0 Å². The highest BCUT2D eigenvalue weighted by atomic mass is 32.2. The largest absolute Gasteiger partial charge is 0.298 e. The summed E-state index contributed by atoms with van der Waals surface area (Å²) in [6.45, 7) is 3.52. The fourth-order valence-corrected chi connectivity index (χ4v) is 5.64. The highest BCUT2D eigenvalue weighted by Crippen LogP contribution is 2.28. The van der Waals surface area contributed by atoms with Gasteiger partial charge in [-0.3, -0.25) is 10.1 Å². The van der Waals surface area contributed by atoms with E-state index in [9.17, 15) is 21.6 Å². The van der Waals surface area contributed by atoms with Crippen LogP contribution in [0.3, 0.4) is 0 Å². The topological polar surface area (TPSA) is 114 Å². The summed E-state index contributed by atoms with van der Waals surface area (Å²) in [5.41, 5.74) is 0.724. The lowest BCUT2D eigenvalue weighted by Crippen LogP contribution is -2.33. The van der Waals surface area contributed by atoms with Crippen LogP contribution < -0.4 is 5.32 Å². The van der Waals surface area contributed by atoms with Crippen molar-refractivity contribution in [1.82, 2.24) is 9.29 Å². The second kappa shape index (κ2) is 8.06. The van der Waals surface area contributed by atoms with E-state index in [0.29, 0.717) is 10.2 Å². The van der Waals surface area contributed by atoms with E-state index in [-0.39, 0.29) is 26.5 Å². The zero-order valence-electron chi connectivity index (χ0n) is 16.8. The number of nitrogens with one attached hydrogen (secondary N) is 1. The maximum atomic E-state index is 12.7. The van der Waals surface area contributed by atoms with Gasteiger partial charge in [0.1, 0.15) is 0 Å². The van der Waals surface area contributed by atoms with Crippen LogP contribution in [-0.2, 0) is 19.9 Å². The Morgan fingerprint density at radius 2 is 1.77 bits per heavy atom. The van der Waals surface area contributed by atoms with Gasteiger partial charge in [0.05, 0.1) is 20.0 Å². The molecule has 1 amide bonds. The number of rotatable bonds is 6. The highest BCUT2D eigenvalue weighted by molar-refractivity contribution is 7.90. The number of carbonyl (C=O) groups is 1. The number of aromatic nitrogens is 1. The molecule has 0 fully saturated rings. The monoisotopic (exact) mass is 467 g/mol. The van der Waals surface area contributed by atoms with Crippen LogP contribution in [0.25, 0.3) is 10.2 Å². The van der Waals surface area contributed by atoms with E-state index in [1.54, 1.807) is 19.9 Å². The van der Waals surface area contributed by atoms with Crippen LogP contribution in [0, 0.1) is 0 Å². The fraction of sp³-hybridized carbons (Fsp3) is 0.263. The summed E-state index contributed by atoms with van der Waals surface area (Å²) in [6.07, 6.45) is 1.12. The molecule has 1 heterocycles. The number of hydrogen-bond acceptors (Lipinski definition) is 7. The van der Waals surface area contributed by atoms with Crippen LogP contribution in [0.5, 0.6) is 0 Å². The molecule has 1 N–H and O–H groups in total. The number of carbonyl (C=O) groups excluding carboxylic acids is 1. The standard InChI is InChI=1S/C19H21N3O5S3/c1-12(2)22(3)30(26,27)15-7-5-6-13(10-15)18(23)21-19-20-16-9-8-14(29(4,24)25)11-17(16)28-19/h5-12H,1-4H3,(H,20,21,23). The number of hydrogen-bond donors (Lipinski definition) is 1. The molecule has 0 aliphatic rings. The maximum Gasteiger partial charge on any atom is 0.257 e. The zero-order valence-corrected chi connectivity index (χ0v) is 19.2. The molecule has 0 atom stereocenters. The Kier molecular flexibility index (Phi) is 6.01. The van der Waals surface area contributed by atoms with E-state index < -0.39 is 25.8 Å². The van der Waals surface area contributed by atoms with Gasteiger partial charge >= 0.3 is 0 Å². The summed E-state index contributed by atoms with van der Waals surface area (Å²) in [5, 5.41) is 2.93. The molecule has 0 saturated carbocycles. The highest BCUT2D eigenvalue weighted by Gasteiger charge is 2.24. The normalized spacial score (nSPS) is 12.6. The number of anilines is 1. The Morgan fingerprint density at radius 1 is 1.07 bits per heavy atom. The van der Waals surface area contributed by atoms with Gasteiger partial charge in [0, 0.05) is 24.9 Å². The number of sulfonamides is 1. The first kappa shape index (κ1) is 22.3. The molecular formula is C19H21N3O5S3.